The van der Waals surface area contributed by atoms with Crippen molar-refractivity contribution in [1.82, 2.24) is 15.0 Å². The molecular formula is C14H27N5O. The van der Waals surface area contributed by atoms with Gasteiger partial charge in [-0.15, -0.1) is 0 Å². The van der Waals surface area contributed by atoms with Crippen LogP contribution in [0, 0.1) is 11.8 Å². The van der Waals surface area contributed by atoms with Crippen molar-refractivity contribution in [2.45, 2.75) is 41.0 Å². The third kappa shape index (κ3) is 5.59. The molecule has 1 heterocycles. The molecular weight excluding hydrogens is 254 g/mol. The van der Waals surface area contributed by atoms with E-state index in [4.69, 9.17) is 4.74 Å². The average molecular weight is 281 g/mol. The fourth-order valence-corrected chi connectivity index (χ4v) is 1.43. The summed E-state index contributed by atoms with van der Waals surface area (Å²) in [4.78, 5) is 12.9. The lowest BCUT2D eigenvalue weighted by molar-refractivity contribution is 0.312. The number of aromatic nitrogens is 3. The van der Waals surface area contributed by atoms with Gasteiger partial charge in [-0.25, -0.2) is 0 Å². The summed E-state index contributed by atoms with van der Waals surface area (Å²) in [7, 11) is 0. The lowest BCUT2D eigenvalue weighted by atomic mass is 9.98. The molecule has 0 aliphatic heterocycles. The second-order valence-corrected chi connectivity index (χ2v) is 5.23. The molecule has 0 spiro atoms. The first-order valence-electron chi connectivity index (χ1n) is 7.43. The van der Waals surface area contributed by atoms with Crippen LogP contribution < -0.4 is 15.4 Å². The Bertz CT molecular complexity index is 397. The summed E-state index contributed by atoms with van der Waals surface area (Å²) in [6.07, 6.45) is 1.02. The maximum Gasteiger partial charge on any atom is 0.323 e. The van der Waals surface area contributed by atoms with Gasteiger partial charge in [0.15, 0.2) is 0 Å². The van der Waals surface area contributed by atoms with E-state index in [0.717, 1.165) is 19.5 Å². The fraction of sp³-hybridized carbons (Fsp3) is 0.786. The Morgan fingerprint density at radius 1 is 1.00 bits per heavy atom. The van der Waals surface area contributed by atoms with Crippen LogP contribution >= 0.6 is 0 Å². The molecule has 6 heteroatoms. The van der Waals surface area contributed by atoms with Crippen LogP contribution in [0.4, 0.5) is 11.9 Å². The minimum absolute atomic E-state index is 0.362. The van der Waals surface area contributed by atoms with Crippen molar-refractivity contribution >= 4 is 11.9 Å². The molecule has 6 nitrogen and oxygen atoms in total. The van der Waals surface area contributed by atoms with E-state index < -0.39 is 0 Å². The lowest BCUT2D eigenvalue weighted by Gasteiger charge is -2.16. The SMILES string of the molecule is CCCNc1nc(NCC(C)C(C)C)nc(OCC)n1. The standard InChI is InChI=1S/C14H27N5O/c1-6-8-15-12-17-13(16-9-11(5)10(3)4)19-14(18-12)20-7-2/h10-11H,6-9H2,1-5H3,(H2,15,16,17,18,19). The zero-order valence-corrected chi connectivity index (χ0v) is 13.2. The first kappa shape index (κ1) is 16.5. The Balaban J connectivity index is 2.74. The second kappa shape index (κ2) is 8.55. The van der Waals surface area contributed by atoms with Crippen LogP contribution in [-0.4, -0.2) is 34.6 Å². The van der Waals surface area contributed by atoms with Gasteiger partial charge in [-0.3, -0.25) is 0 Å². The second-order valence-electron chi connectivity index (χ2n) is 5.23. The number of hydrogen-bond acceptors (Lipinski definition) is 6. The van der Waals surface area contributed by atoms with E-state index in [1.807, 2.05) is 6.92 Å². The minimum Gasteiger partial charge on any atom is -0.464 e. The van der Waals surface area contributed by atoms with Crippen LogP contribution in [-0.2, 0) is 0 Å². The number of ether oxygens (including phenoxy) is 1. The van der Waals surface area contributed by atoms with Crippen molar-refractivity contribution in [2.24, 2.45) is 11.8 Å². The van der Waals surface area contributed by atoms with Crippen molar-refractivity contribution in [1.29, 1.82) is 0 Å². The molecule has 0 bridgehead atoms. The van der Waals surface area contributed by atoms with Crippen LogP contribution in [0.2, 0.25) is 0 Å². The molecule has 0 fully saturated rings. The molecule has 114 valence electrons. The molecule has 0 amide bonds. The van der Waals surface area contributed by atoms with Gasteiger partial charge in [-0.2, -0.15) is 15.0 Å². The van der Waals surface area contributed by atoms with Crippen LogP contribution in [0.1, 0.15) is 41.0 Å². The molecule has 1 rings (SSSR count). The maximum atomic E-state index is 5.38. The van der Waals surface area contributed by atoms with E-state index in [1.54, 1.807) is 0 Å². The summed E-state index contributed by atoms with van der Waals surface area (Å²) in [6, 6.07) is 0.362. The molecule has 0 aliphatic rings. The highest BCUT2D eigenvalue weighted by atomic mass is 16.5. The lowest BCUT2D eigenvalue weighted by Crippen LogP contribution is -2.18. The van der Waals surface area contributed by atoms with Gasteiger partial charge < -0.3 is 15.4 Å². The largest absolute Gasteiger partial charge is 0.464 e. The van der Waals surface area contributed by atoms with E-state index in [9.17, 15) is 0 Å². The maximum absolute atomic E-state index is 5.38. The smallest absolute Gasteiger partial charge is 0.323 e. The predicted molar refractivity (Wildman–Crippen MR) is 82.3 cm³/mol. The molecule has 0 saturated heterocycles. The number of hydrogen-bond donors (Lipinski definition) is 2. The van der Waals surface area contributed by atoms with E-state index in [-0.39, 0.29) is 0 Å². The van der Waals surface area contributed by atoms with Crippen LogP contribution in [0.3, 0.4) is 0 Å². The van der Waals surface area contributed by atoms with Crippen molar-refractivity contribution in [3.05, 3.63) is 0 Å². The Labute approximate surface area is 121 Å². The Morgan fingerprint density at radius 2 is 1.65 bits per heavy atom. The first-order chi connectivity index (χ1) is 9.56. The van der Waals surface area contributed by atoms with Crippen molar-refractivity contribution in [3.63, 3.8) is 0 Å². The highest BCUT2D eigenvalue weighted by molar-refractivity contribution is 5.35. The predicted octanol–water partition coefficient (Wildman–Crippen LogP) is 2.80. The van der Waals surface area contributed by atoms with Gasteiger partial charge >= 0.3 is 6.01 Å². The zero-order chi connectivity index (χ0) is 15.0. The number of nitrogens with one attached hydrogen (secondary N) is 2. The summed E-state index contributed by atoms with van der Waals surface area (Å²) < 4.78 is 5.38. The van der Waals surface area contributed by atoms with Crippen LogP contribution in [0.25, 0.3) is 0 Å². The highest BCUT2D eigenvalue weighted by Crippen LogP contribution is 2.14. The summed E-state index contributed by atoms with van der Waals surface area (Å²) >= 11 is 0. The Hall–Kier alpha value is -1.59. The quantitative estimate of drug-likeness (QED) is 0.725. The molecule has 20 heavy (non-hydrogen) atoms. The van der Waals surface area contributed by atoms with Gasteiger partial charge in [-0.1, -0.05) is 27.7 Å². The molecule has 0 aliphatic carbocycles. The third-order valence-electron chi connectivity index (χ3n) is 3.14. The van der Waals surface area contributed by atoms with Gasteiger partial charge in [0.25, 0.3) is 0 Å². The van der Waals surface area contributed by atoms with Gasteiger partial charge in [0.05, 0.1) is 6.61 Å². The first-order valence-corrected chi connectivity index (χ1v) is 7.43. The molecule has 1 aromatic rings. The molecule has 1 atom stereocenters. The minimum atomic E-state index is 0.362. The number of anilines is 2. The van der Waals surface area contributed by atoms with Crippen molar-refractivity contribution < 1.29 is 4.74 Å². The van der Waals surface area contributed by atoms with Crippen molar-refractivity contribution in [3.8, 4) is 6.01 Å². The number of nitrogens with zero attached hydrogens (tertiary/aromatic N) is 3. The zero-order valence-electron chi connectivity index (χ0n) is 13.2. The van der Waals surface area contributed by atoms with E-state index >= 15 is 0 Å². The third-order valence-corrected chi connectivity index (χ3v) is 3.14. The summed E-state index contributed by atoms with van der Waals surface area (Å²) in [5, 5.41) is 6.42. The normalized spacial score (nSPS) is 12.3. The average Bonchev–Trinajstić information content (AvgIpc) is 2.42. The molecule has 1 aromatic heterocycles. The fourth-order valence-electron chi connectivity index (χ4n) is 1.43. The van der Waals surface area contributed by atoms with Crippen molar-refractivity contribution in [2.75, 3.05) is 30.3 Å². The summed E-state index contributed by atoms with van der Waals surface area (Å²) in [5.74, 6) is 2.29. The Kier molecular flexibility index (Phi) is 7.04. The Morgan fingerprint density at radius 3 is 2.20 bits per heavy atom. The van der Waals surface area contributed by atoms with E-state index in [2.05, 4.69) is 53.3 Å². The summed E-state index contributed by atoms with van der Waals surface area (Å²) in [5.41, 5.74) is 0. The van der Waals surface area contributed by atoms with E-state index in [0.29, 0.717) is 36.3 Å². The number of rotatable bonds is 9. The van der Waals surface area contributed by atoms with E-state index in [1.165, 1.54) is 0 Å². The van der Waals surface area contributed by atoms with Gasteiger partial charge in [-0.05, 0) is 25.2 Å². The molecule has 2 N–H and O–H groups in total. The monoisotopic (exact) mass is 281 g/mol. The van der Waals surface area contributed by atoms with Crippen LogP contribution in [0.5, 0.6) is 6.01 Å². The molecule has 0 saturated carbocycles. The molecule has 0 aromatic carbocycles. The van der Waals surface area contributed by atoms with Gasteiger partial charge in [0, 0.05) is 13.1 Å². The van der Waals surface area contributed by atoms with Gasteiger partial charge in [0.2, 0.25) is 11.9 Å². The summed E-state index contributed by atoms with van der Waals surface area (Å²) in [6.45, 7) is 12.8. The van der Waals surface area contributed by atoms with Crippen LogP contribution in [0.15, 0.2) is 0 Å². The molecule has 1 unspecified atom stereocenters. The van der Waals surface area contributed by atoms with Gasteiger partial charge in [0.1, 0.15) is 0 Å². The molecule has 0 radical (unpaired) electrons. The topological polar surface area (TPSA) is 72.0 Å². The highest BCUT2D eigenvalue weighted by Gasteiger charge is 2.10.